The predicted molar refractivity (Wildman–Crippen MR) is 152 cm³/mol. The Morgan fingerprint density at radius 3 is 2.66 bits per heavy atom. The number of carbonyl (C=O) groups excluding carboxylic acids is 2. The normalized spacial score (nSPS) is 24.0. The van der Waals surface area contributed by atoms with Gasteiger partial charge in [0.05, 0.1) is 24.7 Å². The van der Waals surface area contributed by atoms with Gasteiger partial charge in [0.25, 0.3) is 5.91 Å². The van der Waals surface area contributed by atoms with Crippen molar-refractivity contribution in [3.63, 3.8) is 0 Å². The molecule has 5 rings (SSSR count). The number of unbranched alkanes of at least 4 members (excludes halogenated alkanes) is 1. The van der Waals surface area contributed by atoms with Gasteiger partial charge in [-0.25, -0.2) is 9.37 Å². The maximum absolute atomic E-state index is 14.3. The number of carbonyl (C=O) groups is 2. The fourth-order valence-electron chi connectivity index (χ4n) is 7.06. The van der Waals surface area contributed by atoms with E-state index in [9.17, 15) is 14.0 Å². The highest BCUT2D eigenvalue weighted by atomic mass is 19.1. The maximum atomic E-state index is 14.3. The fraction of sp³-hybridized carbons (Fsp3) is 0.656. The number of nitrogens with one attached hydrogen (secondary N) is 2. The van der Waals surface area contributed by atoms with Crippen molar-refractivity contribution in [1.29, 1.82) is 0 Å². The molecule has 1 saturated carbocycles. The molecule has 0 spiro atoms. The molecule has 1 aromatic heterocycles. The molecule has 2 bridgehead atoms. The number of aryl methyl sites for hydroxylation is 1. The Bertz CT molecular complexity index is 1160. The van der Waals surface area contributed by atoms with E-state index in [0.717, 1.165) is 42.7 Å². The van der Waals surface area contributed by atoms with Gasteiger partial charge in [-0.15, -0.1) is 0 Å². The lowest BCUT2D eigenvalue weighted by molar-refractivity contribution is -0.121. The minimum absolute atomic E-state index is 0.0160. The standard InChI is InChI=1S/C32H44FN3O5/c33-24-11-9-22(10-14-29(38)34-16-17-37)23(18-24)19-25-27-12-13-28(41-27)30(25)32-36-26(20-40-32)31(39)35-15-5-4-8-21-6-2-1-3-7-21/h9,11,18,20-21,25,27-28,30,37H,1-8,10,12-17,19H2,(H,34,38)(H,35,39). The predicted octanol–water partition coefficient (Wildman–Crippen LogP) is 4.84. The van der Waals surface area contributed by atoms with Gasteiger partial charge in [0.15, 0.2) is 5.69 Å². The first kappa shape index (κ1) is 29.7. The summed E-state index contributed by atoms with van der Waals surface area (Å²) in [6.07, 6.45) is 14.7. The van der Waals surface area contributed by atoms with Gasteiger partial charge in [0.1, 0.15) is 12.1 Å². The summed E-state index contributed by atoms with van der Waals surface area (Å²) in [7, 11) is 0. The first-order valence-electron chi connectivity index (χ1n) is 15.6. The molecule has 2 amide bonds. The van der Waals surface area contributed by atoms with E-state index in [0.29, 0.717) is 25.3 Å². The monoisotopic (exact) mass is 569 g/mol. The molecule has 9 heteroatoms. The number of hydrogen-bond acceptors (Lipinski definition) is 6. The molecule has 8 nitrogen and oxygen atoms in total. The van der Waals surface area contributed by atoms with E-state index in [2.05, 4.69) is 15.6 Å². The second kappa shape index (κ2) is 14.4. The summed E-state index contributed by atoms with van der Waals surface area (Å²) in [4.78, 5) is 29.5. The third-order valence-corrected chi connectivity index (χ3v) is 9.19. The van der Waals surface area contributed by atoms with Gasteiger partial charge in [-0.05, 0) is 61.3 Å². The van der Waals surface area contributed by atoms with Crippen LogP contribution in [0.2, 0.25) is 0 Å². The Morgan fingerprint density at radius 1 is 1.00 bits per heavy atom. The second-order valence-electron chi connectivity index (χ2n) is 12.0. The summed E-state index contributed by atoms with van der Waals surface area (Å²) in [6.45, 7) is 0.744. The molecule has 3 aliphatic rings. The number of amides is 2. The van der Waals surface area contributed by atoms with Gasteiger partial charge in [-0.2, -0.15) is 0 Å². The summed E-state index contributed by atoms with van der Waals surface area (Å²) >= 11 is 0. The van der Waals surface area contributed by atoms with Crippen LogP contribution in [0.4, 0.5) is 4.39 Å². The molecule has 1 aromatic carbocycles. The number of aromatic nitrogens is 1. The van der Waals surface area contributed by atoms with Crippen molar-refractivity contribution >= 4 is 11.8 Å². The van der Waals surface area contributed by atoms with Crippen molar-refractivity contribution in [3.8, 4) is 0 Å². The van der Waals surface area contributed by atoms with Gasteiger partial charge in [-0.1, -0.05) is 51.0 Å². The topological polar surface area (TPSA) is 114 Å². The molecule has 2 saturated heterocycles. The van der Waals surface area contributed by atoms with Crippen molar-refractivity contribution in [1.82, 2.24) is 15.6 Å². The first-order chi connectivity index (χ1) is 20.0. The second-order valence-corrected chi connectivity index (χ2v) is 12.0. The van der Waals surface area contributed by atoms with Gasteiger partial charge < -0.3 is 24.9 Å². The molecule has 224 valence electrons. The molecule has 3 heterocycles. The molecule has 2 aromatic rings. The zero-order valence-corrected chi connectivity index (χ0v) is 23.9. The molecule has 4 unspecified atom stereocenters. The van der Waals surface area contributed by atoms with Crippen molar-refractivity contribution in [2.45, 2.75) is 102 Å². The third kappa shape index (κ3) is 7.74. The maximum Gasteiger partial charge on any atom is 0.273 e. The lowest BCUT2D eigenvalue weighted by Gasteiger charge is -2.26. The number of benzene rings is 1. The van der Waals surface area contributed by atoms with Gasteiger partial charge >= 0.3 is 0 Å². The van der Waals surface area contributed by atoms with Gasteiger partial charge in [0, 0.05) is 25.4 Å². The van der Waals surface area contributed by atoms with Crippen molar-refractivity contribution in [2.24, 2.45) is 11.8 Å². The van der Waals surface area contributed by atoms with Crippen LogP contribution in [0.15, 0.2) is 28.9 Å². The summed E-state index contributed by atoms with van der Waals surface area (Å²) < 4.78 is 26.5. The third-order valence-electron chi connectivity index (χ3n) is 9.19. The summed E-state index contributed by atoms with van der Waals surface area (Å²) in [6, 6.07) is 4.72. The Morgan fingerprint density at radius 2 is 1.83 bits per heavy atom. The first-order valence-corrected chi connectivity index (χ1v) is 15.6. The van der Waals surface area contributed by atoms with E-state index in [1.54, 1.807) is 12.1 Å². The van der Waals surface area contributed by atoms with Crippen LogP contribution < -0.4 is 10.6 Å². The molecular weight excluding hydrogens is 525 g/mol. The lowest BCUT2D eigenvalue weighted by atomic mass is 9.75. The van der Waals surface area contributed by atoms with Crippen molar-refractivity contribution in [3.05, 3.63) is 53.0 Å². The van der Waals surface area contributed by atoms with E-state index < -0.39 is 0 Å². The quantitative estimate of drug-likeness (QED) is 0.281. The molecule has 4 atom stereocenters. The number of oxazole rings is 1. The number of aliphatic hydroxyl groups excluding tert-OH is 1. The largest absolute Gasteiger partial charge is 0.448 e. The average Bonchev–Trinajstić information content (AvgIpc) is 3.73. The zero-order valence-electron chi connectivity index (χ0n) is 23.9. The summed E-state index contributed by atoms with van der Waals surface area (Å²) in [5.74, 6) is 0.597. The van der Waals surface area contributed by atoms with Crippen LogP contribution in [0.3, 0.4) is 0 Å². The smallest absolute Gasteiger partial charge is 0.273 e. The van der Waals surface area contributed by atoms with Crippen molar-refractivity contribution < 1.29 is 28.2 Å². The summed E-state index contributed by atoms with van der Waals surface area (Å²) in [5, 5.41) is 14.6. The molecule has 2 aliphatic heterocycles. The minimum Gasteiger partial charge on any atom is -0.448 e. The number of aliphatic hydroxyl groups is 1. The Kier molecular flexibility index (Phi) is 10.4. The molecule has 41 heavy (non-hydrogen) atoms. The van der Waals surface area contributed by atoms with Crippen LogP contribution in [0.5, 0.6) is 0 Å². The van der Waals surface area contributed by atoms with Crippen LogP contribution in [-0.4, -0.2) is 53.8 Å². The minimum atomic E-state index is -0.317. The van der Waals surface area contributed by atoms with Gasteiger partial charge in [0.2, 0.25) is 11.8 Å². The highest BCUT2D eigenvalue weighted by Crippen LogP contribution is 2.50. The SMILES string of the molecule is O=C(CCc1ccc(F)cc1CC1C2CCC(O2)C1c1nc(C(=O)NCCCCC2CCCCC2)co1)NCCO. The number of ether oxygens (including phenoxy) is 1. The molecule has 0 radical (unpaired) electrons. The Labute approximate surface area is 241 Å². The van der Waals surface area contributed by atoms with E-state index in [-0.39, 0.29) is 66.9 Å². The van der Waals surface area contributed by atoms with Crippen LogP contribution in [0.25, 0.3) is 0 Å². The van der Waals surface area contributed by atoms with E-state index in [1.807, 2.05) is 0 Å². The van der Waals surface area contributed by atoms with Crippen LogP contribution >= 0.6 is 0 Å². The fourth-order valence-corrected chi connectivity index (χ4v) is 7.06. The van der Waals surface area contributed by atoms with E-state index >= 15 is 0 Å². The number of nitrogens with zero attached hydrogens (tertiary/aromatic N) is 1. The van der Waals surface area contributed by atoms with Crippen LogP contribution in [0.1, 0.15) is 104 Å². The molecule has 3 fully saturated rings. The van der Waals surface area contributed by atoms with E-state index in [4.69, 9.17) is 14.3 Å². The highest BCUT2D eigenvalue weighted by Gasteiger charge is 2.51. The zero-order chi connectivity index (χ0) is 28.6. The average molecular weight is 570 g/mol. The number of halogens is 1. The highest BCUT2D eigenvalue weighted by molar-refractivity contribution is 5.91. The Balaban J connectivity index is 1.18. The molecular formula is C32H44FN3O5. The molecule has 1 aliphatic carbocycles. The van der Waals surface area contributed by atoms with Gasteiger partial charge in [-0.3, -0.25) is 9.59 Å². The Hall–Kier alpha value is -2.78. The van der Waals surface area contributed by atoms with Crippen molar-refractivity contribution in [2.75, 3.05) is 19.7 Å². The number of rotatable bonds is 14. The lowest BCUT2D eigenvalue weighted by Crippen LogP contribution is -2.29. The van der Waals surface area contributed by atoms with E-state index in [1.165, 1.54) is 50.9 Å². The summed E-state index contributed by atoms with van der Waals surface area (Å²) in [5.41, 5.74) is 2.06. The van der Waals surface area contributed by atoms with Crippen LogP contribution in [0, 0.1) is 17.7 Å². The molecule has 3 N–H and O–H groups in total. The van der Waals surface area contributed by atoms with Crippen LogP contribution in [-0.2, 0) is 22.4 Å². The number of fused-ring (bicyclic) bond motifs is 2. The number of hydrogen-bond donors (Lipinski definition) is 3.